The van der Waals surface area contributed by atoms with Gasteiger partial charge in [0.25, 0.3) is 0 Å². The maximum Gasteiger partial charge on any atom is 0.160 e. The van der Waals surface area contributed by atoms with Gasteiger partial charge >= 0.3 is 0 Å². The Morgan fingerprint density at radius 2 is 1.93 bits per heavy atom. The first-order valence-corrected chi connectivity index (χ1v) is 5.23. The molecule has 1 heterocycles. The van der Waals surface area contributed by atoms with Crippen molar-refractivity contribution in [1.29, 1.82) is 0 Å². The molecule has 3 nitrogen and oxygen atoms in total. The van der Waals surface area contributed by atoms with Crippen molar-refractivity contribution in [3.63, 3.8) is 0 Å². The zero-order valence-electron chi connectivity index (χ0n) is 7.94. The van der Waals surface area contributed by atoms with Gasteiger partial charge in [0.2, 0.25) is 0 Å². The van der Waals surface area contributed by atoms with Crippen molar-refractivity contribution in [1.82, 2.24) is 0 Å². The third kappa shape index (κ3) is 1.85. The van der Waals surface area contributed by atoms with Crippen molar-refractivity contribution in [2.75, 3.05) is 11.5 Å². The quantitative estimate of drug-likeness (QED) is 0.600. The normalized spacial score (nSPS) is 10.1. The van der Waals surface area contributed by atoms with Gasteiger partial charge in [-0.25, -0.2) is 0 Å². The van der Waals surface area contributed by atoms with Gasteiger partial charge in [-0.2, -0.15) is 0 Å². The monoisotopic (exact) mass is 218 g/mol. The van der Waals surface area contributed by atoms with Gasteiger partial charge in [-0.15, -0.1) is 11.3 Å². The summed E-state index contributed by atoms with van der Waals surface area (Å²) in [6.45, 7) is 0. The molecular formula is C11H10N2OS. The Kier molecular flexibility index (Phi) is 2.43. The van der Waals surface area contributed by atoms with Gasteiger partial charge in [-0.05, 0) is 30.3 Å². The van der Waals surface area contributed by atoms with Crippen LogP contribution in [0.4, 0.5) is 11.4 Å². The number of hydrogen-bond acceptors (Lipinski definition) is 4. The highest BCUT2D eigenvalue weighted by Crippen LogP contribution is 2.32. The number of hydrogen-bond donors (Lipinski definition) is 2. The molecule has 0 aliphatic carbocycles. The van der Waals surface area contributed by atoms with Crippen molar-refractivity contribution in [3.8, 4) is 10.4 Å². The van der Waals surface area contributed by atoms with Crippen LogP contribution >= 0.6 is 11.3 Å². The molecule has 0 fully saturated rings. The molecule has 15 heavy (non-hydrogen) atoms. The molecule has 1 aromatic carbocycles. The van der Waals surface area contributed by atoms with Gasteiger partial charge in [0.15, 0.2) is 6.29 Å². The lowest BCUT2D eigenvalue weighted by atomic mass is 10.1. The maximum atomic E-state index is 10.6. The Morgan fingerprint density at radius 3 is 2.60 bits per heavy atom. The molecule has 0 saturated carbocycles. The fourth-order valence-corrected chi connectivity index (χ4v) is 2.21. The Balaban J connectivity index is 2.52. The molecule has 0 amide bonds. The summed E-state index contributed by atoms with van der Waals surface area (Å²) in [6.07, 6.45) is 0.830. The SMILES string of the molecule is Nc1ccc(N)c(-c2ccc(C=O)s2)c1. The summed E-state index contributed by atoms with van der Waals surface area (Å²) in [5.41, 5.74) is 13.7. The molecule has 0 atom stereocenters. The van der Waals surface area contributed by atoms with E-state index < -0.39 is 0 Å². The topological polar surface area (TPSA) is 69.1 Å². The second-order valence-electron chi connectivity index (χ2n) is 3.17. The summed E-state index contributed by atoms with van der Waals surface area (Å²) >= 11 is 1.41. The maximum absolute atomic E-state index is 10.6. The largest absolute Gasteiger partial charge is 0.399 e. The third-order valence-electron chi connectivity index (χ3n) is 2.09. The predicted octanol–water partition coefficient (Wildman–Crippen LogP) is 2.39. The van der Waals surface area contributed by atoms with E-state index in [0.717, 1.165) is 16.7 Å². The second kappa shape index (κ2) is 3.74. The van der Waals surface area contributed by atoms with E-state index in [1.165, 1.54) is 11.3 Å². The van der Waals surface area contributed by atoms with E-state index in [2.05, 4.69) is 0 Å². The number of aldehydes is 1. The smallest absolute Gasteiger partial charge is 0.160 e. The highest BCUT2D eigenvalue weighted by atomic mass is 32.1. The fourth-order valence-electron chi connectivity index (χ4n) is 1.35. The molecule has 0 saturated heterocycles. The van der Waals surface area contributed by atoms with E-state index in [-0.39, 0.29) is 0 Å². The highest BCUT2D eigenvalue weighted by Gasteiger charge is 2.06. The Labute approximate surface area is 91.3 Å². The average Bonchev–Trinajstić information content (AvgIpc) is 2.70. The van der Waals surface area contributed by atoms with E-state index in [1.807, 2.05) is 12.1 Å². The average molecular weight is 218 g/mol. The van der Waals surface area contributed by atoms with Crippen molar-refractivity contribution < 1.29 is 4.79 Å². The third-order valence-corrected chi connectivity index (χ3v) is 3.13. The lowest BCUT2D eigenvalue weighted by Crippen LogP contribution is -1.91. The number of carbonyl (C=O) groups is 1. The molecule has 0 bridgehead atoms. The van der Waals surface area contributed by atoms with E-state index in [4.69, 9.17) is 11.5 Å². The number of thiophene rings is 1. The minimum atomic E-state index is 0.667. The van der Waals surface area contributed by atoms with Crippen LogP contribution in [0, 0.1) is 0 Å². The van der Waals surface area contributed by atoms with Crippen LogP contribution in [0.5, 0.6) is 0 Å². The first-order chi connectivity index (χ1) is 7.20. The molecule has 0 aliphatic heterocycles. The van der Waals surface area contributed by atoms with Crippen LogP contribution in [0.1, 0.15) is 9.67 Å². The summed E-state index contributed by atoms with van der Waals surface area (Å²) in [7, 11) is 0. The second-order valence-corrected chi connectivity index (χ2v) is 4.28. The van der Waals surface area contributed by atoms with E-state index in [1.54, 1.807) is 18.2 Å². The molecule has 1 aromatic heterocycles. The van der Waals surface area contributed by atoms with Crippen LogP contribution < -0.4 is 11.5 Å². The molecule has 0 spiro atoms. The Bertz CT molecular complexity index is 505. The zero-order valence-corrected chi connectivity index (χ0v) is 8.75. The molecule has 76 valence electrons. The van der Waals surface area contributed by atoms with Gasteiger partial charge < -0.3 is 11.5 Å². The summed E-state index contributed by atoms with van der Waals surface area (Å²) in [6, 6.07) is 8.99. The molecule has 4 heteroatoms. The summed E-state index contributed by atoms with van der Waals surface area (Å²) in [4.78, 5) is 12.2. The van der Waals surface area contributed by atoms with Crippen LogP contribution in [-0.2, 0) is 0 Å². The highest BCUT2D eigenvalue weighted by molar-refractivity contribution is 7.17. The summed E-state index contributed by atoms with van der Waals surface area (Å²) in [5, 5.41) is 0. The van der Waals surface area contributed by atoms with Crippen LogP contribution in [0.2, 0.25) is 0 Å². The Hall–Kier alpha value is -1.81. The fraction of sp³-hybridized carbons (Fsp3) is 0. The van der Waals surface area contributed by atoms with Gasteiger partial charge in [-0.1, -0.05) is 0 Å². The van der Waals surface area contributed by atoms with Crippen LogP contribution in [0.3, 0.4) is 0 Å². The van der Waals surface area contributed by atoms with Gasteiger partial charge in [0, 0.05) is 21.8 Å². The van der Waals surface area contributed by atoms with Gasteiger partial charge in [-0.3, -0.25) is 4.79 Å². The molecule has 4 N–H and O–H groups in total. The first kappa shape index (κ1) is 9.73. The minimum Gasteiger partial charge on any atom is -0.399 e. The van der Waals surface area contributed by atoms with Crippen molar-refractivity contribution >= 4 is 29.0 Å². The lowest BCUT2D eigenvalue weighted by molar-refractivity contribution is 0.112. The zero-order chi connectivity index (χ0) is 10.8. The lowest BCUT2D eigenvalue weighted by Gasteiger charge is -2.03. The molecule has 2 aromatic rings. The number of carbonyl (C=O) groups excluding carboxylic acids is 1. The number of nitrogens with two attached hydrogens (primary N) is 2. The van der Waals surface area contributed by atoms with Crippen LogP contribution in [-0.4, -0.2) is 6.29 Å². The minimum absolute atomic E-state index is 0.667. The summed E-state index contributed by atoms with van der Waals surface area (Å²) in [5.74, 6) is 0. The first-order valence-electron chi connectivity index (χ1n) is 4.41. The van der Waals surface area contributed by atoms with E-state index in [0.29, 0.717) is 16.3 Å². The Morgan fingerprint density at radius 1 is 1.13 bits per heavy atom. The molecule has 0 aliphatic rings. The van der Waals surface area contributed by atoms with Crippen molar-refractivity contribution in [2.24, 2.45) is 0 Å². The van der Waals surface area contributed by atoms with E-state index in [9.17, 15) is 4.79 Å². The molecule has 0 radical (unpaired) electrons. The van der Waals surface area contributed by atoms with Crippen LogP contribution in [0.25, 0.3) is 10.4 Å². The number of rotatable bonds is 2. The number of anilines is 2. The molecule has 2 rings (SSSR count). The van der Waals surface area contributed by atoms with Gasteiger partial charge in [0.1, 0.15) is 0 Å². The van der Waals surface area contributed by atoms with Crippen molar-refractivity contribution in [3.05, 3.63) is 35.2 Å². The number of benzene rings is 1. The van der Waals surface area contributed by atoms with E-state index >= 15 is 0 Å². The molecule has 0 unspecified atom stereocenters. The summed E-state index contributed by atoms with van der Waals surface area (Å²) < 4.78 is 0. The van der Waals surface area contributed by atoms with Crippen LogP contribution in [0.15, 0.2) is 30.3 Å². The molecular weight excluding hydrogens is 208 g/mol. The van der Waals surface area contributed by atoms with Crippen molar-refractivity contribution in [2.45, 2.75) is 0 Å². The predicted molar refractivity (Wildman–Crippen MR) is 64.0 cm³/mol. The number of nitrogen functional groups attached to an aromatic ring is 2. The standard InChI is InChI=1S/C11H10N2OS/c12-7-1-3-10(13)9(5-7)11-4-2-8(6-14)15-11/h1-6H,12-13H2. The van der Waals surface area contributed by atoms with Gasteiger partial charge in [0.05, 0.1) is 4.88 Å².